The van der Waals surface area contributed by atoms with E-state index in [9.17, 15) is 9.90 Å². The number of amides is 1. The van der Waals surface area contributed by atoms with Crippen LogP contribution in [-0.2, 0) is 18.0 Å². The number of halogens is 1. The van der Waals surface area contributed by atoms with Gasteiger partial charge in [0.15, 0.2) is 0 Å². The zero-order valence-corrected chi connectivity index (χ0v) is 22.7. The topological polar surface area (TPSA) is 93.2 Å². The third kappa shape index (κ3) is 7.12. The Morgan fingerprint density at radius 1 is 0.976 bits per heavy atom. The predicted octanol–water partition coefficient (Wildman–Crippen LogP) is 6.60. The molecule has 9 heteroatoms. The number of hydrogen-bond donors (Lipinski definition) is 2. The molecule has 2 N–H and O–H groups in total. The number of anilines is 2. The quantitative estimate of drug-likeness (QED) is 0.227. The van der Waals surface area contributed by atoms with E-state index >= 15 is 4.39 Å². The molecule has 0 bridgehead atoms. The van der Waals surface area contributed by atoms with Crippen molar-refractivity contribution in [3.63, 3.8) is 0 Å². The normalized spacial score (nSPS) is 16.7. The minimum atomic E-state index is -0.999. The summed E-state index contributed by atoms with van der Waals surface area (Å²) in [5.74, 6) is 0.0807. The molecular weight excluding hydrogens is 525 g/mol. The van der Waals surface area contributed by atoms with Gasteiger partial charge in [0.2, 0.25) is 11.8 Å². The van der Waals surface area contributed by atoms with E-state index in [1.807, 2.05) is 60.7 Å². The molecule has 1 unspecified atom stereocenters. The average molecular weight is 558 g/mol. The molecule has 1 amide bonds. The van der Waals surface area contributed by atoms with Crippen molar-refractivity contribution in [1.82, 2.24) is 9.88 Å². The number of nitrogens with zero attached hydrogens (tertiary/aromatic N) is 2. The lowest BCUT2D eigenvalue weighted by Crippen LogP contribution is -2.46. The van der Waals surface area contributed by atoms with Gasteiger partial charge in [0.1, 0.15) is 24.7 Å². The van der Waals surface area contributed by atoms with Gasteiger partial charge in [-0.2, -0.15) is 4.98 Å². The predicted molar refractivity (Wildman–Crippen MR) is 153 cm³/mol. The number of aromatic nitrogens is 1. The first-order valence-electron chi connectivity index (χ1n) is 13.4. The smallest absolute Gasteiger partial charge is 0.407 e. The highest BCUT2D eigenvalue weighted by Gasteiger charge is 2.34. The van der Waals surface area contributed by atoms with Crippen molar-refractivity contribution in [2.24, 2.45) is 0 Å². The van der Waals surface area contributed by atoms with Gasteiger partial charge in [0.05, 0.1) is 12.6 Å². The Morgan fingerprint density at radius 3 is 2.29 bits per heavy atom. The second-order valence-corrected chi connectivity index (χ2v) is 9.81. The number of carbonyl (C=O) groups is 1. The van der Waals surface area contributed by atoms with Gasteiger partial charge in [-0.25, -0.2) is 9.18 Å². The molecule has 1 aliphatic rings. The Hall–Kier alpha value is -4.63. The zero-order valence-electron chi connectivity index (χ0n) is 22.7. The molecule has 4 aromatic rings. The number of pyridine rings is 1. The molecule has 3 aromatic carbocycles. The van der Waals surface area contributed by atoms with Gasteiger partial charge >= 0.3 is 6.09 Å². The van der Waals surface area contributed by atoms with Crippen LogP contribution in [0.5, 0.6) is 11.8 Å². The summed E-state index contributed by atoms with van der Waals surface area (Å²) in [6.07, 6.45) is -0.958. The maximum absolute atomic E-state index is 15.4. The molecule has 1 aliphatic heterocycles. The fourth-order valence-corrected chi connectivity index (χ4v) is 4.91. The molecule has 0 aliphatic carbocycles. The van der Waals surface area contributed by atoms with E-state index in [0.717, 1.165) is 11.1 Å². The van der Waals surface area contributed by atoms with Gasteiger partial charge in [-0.1, -0.05) is 66.7 Å². The lowest BCUT2D eigenvalue weighted by molar-refractivity contribution is 0.0170. The summed E-state index contributed by atoms with van der Waals surface area (Å²) < 4.78 is 32.9. The summed E-state index contributed by atoms with van der Waals surface area (Å²) >= 11 is 0. The summed E-state index contributed by atoms with van der Waals surface area (Å²) in [4.78, 5) is 17.3. The minimum Gasteiger partial charge on any atom is -0.473 e. The van der Waals surface area contributed by atoms with Gasteiger partial charge in [-0.05, 0) is 41.3 Å². The molecule has 1 aromatic heterocycles. The van der Waals surface area contributed by atoms with Gasteiger partial charge in [-0.3, -0.25) is 0 Å². The van der Waals surface area contributed by atoms with Gasteiger partial charge in [0.25, 0.3) is 0 Å². The summed E-state index contributed by atoms with van der Waals surface area (Å²) in [5.41, 5.74) is 3.57. The highest BCUT2D eigenvalue weighted by Crippen LogP contribution is 2.35. The SMILES string of the molecule is CO[C@H]1CN(C(=O)O)CCC1c1ccc(Nc2ccc(OCc3ccccc3)nc2OCc2ccccc2)cc1F. The number of methoxy groups -OCH3 is 1. The Balaban J connectivity index is 1.34. The number of benzene rings is 3. The summed E-state index contributed by atoms with van der Waals surface area (Å²) in [7, 11) is 1.52. The van der Waals surface area contributed by atoms with Crippen molar-refractivity contribution >= 4 is 17.5 Å². The number of piperidine rings is 1. The molecule has 0 spiro atoms. The first-order valence-corrected chi connectivity index (χ1v) is 13.4. The van der Waals surface area contributed by atoms with Crippen LogP contribution in [0.25, 0.3) is 0 Å². The van der Waals surface area contributed by atoms with Crippen LogP contribution in [0.2, 0.25) is 0 Å². The van der Waals surface area contributed by atoms with E-state index < -0.39 is 18.0 Å². The van der Waals surface area contributed by atoms with Crippen LogP contribution in [0.15, 0.2) is 91.0 Å². The largest absolute Gasteiger partial charge is 0.473 e. The molecule has 1 saturated heterocycles. The first-order chi connectivity index (χ1) is 20.0. The number of ether oxygens (including phenoxy) is 3. The molecular formula is C32H32FN3O5. The summed E-state index contributed by atoms with van der Waals surface area (Å²) in [6, 6.07) is 28.0. The van der Waals surface area contributed by atoms with E-state index in [-0.39, 0.29) is 12.5 Å². The van der Waals surface area contributed by atoms with E-state index in [1.165, 1.54) is 18.1 Å². The molecule has 2 heterocycles. The third-order valence-electron chi connectivity index (χ3n) is 7.09. The number of rotatable bonds is 10. The average Bonchev–Trinajstić information content (AvgIpc) is 3.00. The molecule has 41 heavy (non-hydrogen) atoms. The van der Waals surface area contributed by atoms with Crippen molar-refractivity contribution in [3.05, 3.63) is 114 Å². The summed E-state index contributed by atoms with van der Waals surface area (Å²) in [5, 5.41) is 12.6. The molecule has 1 fully saturated rings. The number of hydrogen-bond acceptors (Lipinski definition) is 6. The highest BCUT2D eigenvalue weighted by atomic mass is 19.1. The van der Waals surface area contributed by atoms with Crippen molar-refractivity contribution in [2.45, 2.75) is 31.7 Å². The second kappa shape index (κ2) is 13.1. The maximum Gasteiger partial charge on any atom is 0.407 e. The van der Waals surface area contributed by atoms with Gasteiger partial charge < -0.3 is 29.5 Å². The fourth-order valence-electron chi connectivity index (χ4n) is 4.91. The Bertz CT molecular complexity index is 1450. The molecule has 0 saturated carbocycles. The van der Waals surface area contributed by atoms with Crippen LogP contribution >= 0.6 is 0 Å². The van der Waals surface area contributed by atoms with Crippen molar-refractivity contribution in [1.29, 1.82) is 0 Å². The van der Waals surface area contributed by atoms with E-state index in [1.54, 1.807) is 24.3 Å². The van der Waals surface area contributed by atoms with Gasteiger partial charge in [0, 0.05) is 31.3 Å². The summed E-state index contributed by atoms with van der Waals surface area (Å²) in [6.45, 7) is 1.18. The van der Waals surface area contributed by atoms with E-state index in [2.05, 4.69) is 10.3 Å². The molecule has 8 nitrogen and oxygen atoms in total. The Kier molecular flexibility index (Phi) is 8.95. The molecule has 5 rings (SSSR count). The lowest BCUT2D eigenvalue weighted by Gasteiger charge is -2.36. The molecule has 0 radical (unpaired) electrons. The fraction of sp³-hybridized carbons (Fsp3) is 0.250. The second-order valence-electron chi connectivity index (χ2n) is 9.81. The van der Waals surface area contributed by atoms with E-state index in [0.29, 0.717) is 54.9 Å². The third-order valence-corrected chi connectivity index (χ3v) is 7.09. The Morgan fingerprint density at radius 2 is 1.66 bits per heavy atom. The first kappa shape index (κ1) is 27.9. The van der Waals surface area contributed by atoms with Crippen molar-refractivity contribution in [2.75, 3.05) is 25.5 Å². The minimum absolute atomic E-state index is 0.197. The van der Waals surface area contributed by atoms with Crippen molar-refractivity contribution < 1.29 is 28.5 Å². The lowest BCUT2D eigenvalue weighted by atomic mass is 9.86. The molecule has 212 valence electrons. The monoisotopic (exact) mass is 557 g/mol. The van der Waals surface area contributed by atoms with Crippen LogP contribution in [0.4, 0.5) is 20.6 Å². The molecule has 2 atom stereocenters. The van der Waals surface area contributed by atoms with Gasteiger partial charge in [-0.15, -0.1) is 0 Å². The number of nitrogens with one attached hydrogen (secondary N) is 1. The van der Waals surface area contributed by atoms with Crippen LogP contribution in [-0.4, -0.2) is 47.4 Å². The van der Waals surface area contributed by atoms with Crippen LogP contribution in [0, 0.1) is 5.82 Å². The van der Waals surface area contributed by atoms with Crippen LogP contribution in [0.3, 0.4) is 0 Å². The number of carboxylic acid groups (broad SMARTS) is 1. The Labute approximate surface area is 238 Å². The van der Waals surface area contributed by atoms with Crippen LogP contribution < -0.4 is 14.8 Å². The number of likely N-dealkylation sites (tertiary alicyclic amines) is 1. The highest BCUT2D eigenvalue weighted by molar-refractivity contribution is 5.66. The van der Waals surface area contributed by atoms with E-state index in [4.69, 9.17) is 14.2 Å². The zero-order chi connectivity index (χ0) is 28.6. The maximum atomic E-state index is 15.4. The van der Waals surface area contributed by atoms with Crippen molar-refractivity contribution in [3.8, 4) is 11.8 Å². The van der Waals surface area contributed by atoms with Crippen LogP contribution in [0.1, 0.15) is 29.0 Å². The standard InChI is InChI=1S/C32H32FN3O5/c1-39-29-19-36(32(37)38)17-16-26(29)25-13-12-24(18-27(25)33)34-28-14-15-30(40-20-22-8-4-2-5-9-22)35-31(28)41-21-23-10-6-3-7-11-23/h2-15,18,26,29,34H,16-17,19-21H2,1H3,(H,37,38)/t26?,29-/m0/s1.